The van der Waals surface area contributed by atoms with E-state index >= 15 is 0 Å². The number of amides is 1. The highest BCUT2D eigenvalue weighted by atomic mass is 19.1. The van der Waals surface area contributed by atoms with Gasteiger partial charge in [-0.1, -0.05) is 52.0 Å². The lowest BCUT2D eigenvalue weighted by Gasteiger charge is -2.25. The predicted molar refractivity (Wildman–Crippen MR) is 126 cm³/mol. The maximum absolute atomic E-state index is 13.6. The molecular formula is C24H39FN4O4. The zero-order chi connectivity index (χ0) is 24.2. The normalized spacial score (nSPS) is 17.0. The van der Waals surface area contributed by atoms with Crippen LogP contribution in [0.3, 0.4) is 0 Å². The fourth-order valence-electron chi connectivity index (χ4n) is 3.91. The van der Waals surface area contributed by atoms with Crippen molar-refractivity contribution in [2.45, 2.75) is 71.2 Å². The Morgan fingerprint density at radius 1 is 1.27 bits per heavy atom. The van der Waals surface area contributed by atoms with Gasteiger partial charge in [0.25, 0.3) is 0 Å². The van der Waals surface area contributed by atoms with Crippen molar-refractivity contribution in [2.75, 3.05) is 20.3 Å². The summed E-state index contributed by atoms with van der Waals surface area (Å²) in [5.41, 5.74) is 6.71. The van der Waals surface area contributed by atoms with Gasteiger partial charge < -0.3 is 30.9 Å². The lowest BCUT2D eigenvalue weighted by Crippen LogP contribution is -2.45. The molecule has 186 valence electrons. The summed E-state index contributed by atoms with van der Waals surface area (Å²) in [5, 5.41) is 15.7. The van der Waals surface area contributed by atoms with Crippen LogP contribution in [0.1, 0.15) is 57.9 Å². The molecule has 0 saturated heterocycles. The number of rotatable bonds is 12. The van der Waals surface area contributed by atoms with E-state index in [1.165, 1.54) is 19.6 Å². The number of benzene rings is 1. The summed E-state index contributed by atoms with van der Waals surface area (Å²) in [6.07, 6.45) is 5.21. The Morgan fingerprint density at radius 3 is 2.67 bits per heavy atom. The first-order valence-corrected chi connectivity index (χ1v) is 11.7. The molecule has 0 aliphatic heterocycles. The molecule has 1 aromatic rings. The largest absolute Gasteiger partial charge is 0.494 e. The molecular weight excluding hydrogens is 427 g/mol. The van der Waals surface area contributed by atoms with E-state index in [1.807, 2.05) is 13.8 Å². The number of carbonyl (C=O) groups is 1. The first-order chi connectivity index (χ1) is 15.8. The summed E-state index contributed by atoms with van der Waals surface area (Å²) < 4.78 is 24.1. The molecule has 5 N–H and O–H groups in total. The molecule has 0 heterocycles. The second-order valence-corrected chi connectivity index (χ2v) is 9.05. The average molecular weight is 467 g/mol. The number of nitrogens with zero attached hydrogens (tertiary/aromatic N) is 1. The van der Waals surface area contributed by atoms with Gasteiger partial charge in [0.1, 0.15) is 12.3 Å². The Morgan fingerprint density at radius 2 is 2.00 bits per heavy atom. The molecule has 9 heteroatoms. The van der Waals surface area contributed by atoms with Crippen molar-refractivity contribution in [3.05, 3.63) is 29.6 Å². The number of nitrogens with two attached hydrogens (primary N) is 1. The third-order valence-electron chi connectivity index (χ3n) is 5.60. The minimum Gasteiger partial charge on any atom is -0.494 e. The SMILES string of the molecule is COc1cc(CNC(=O)[C@@H](CC2CCCCC2)N=C(N)NC(O)COCC(C)C)ccc1F. The number of guanidine groups is 1. The summed E-state index contributed by atoms with van der Waals surface area (Å²) >= 11 is 0. The number of aliphatic hydroxyl groups excluding tert-OH is 1. The van der Waals surface area contributed by atoms with Crippen molar-refractivity contribution in [2.24, 2.45) is 22.6 Å². The van der Waals surface area contributed by atoms with E-state index in [-0.39, 0.29) is 30.8 Å². The molecule has 0 bridgehead atoms. The summed E-state index contributed by atoms with van der Waals surface area (Å²) in [6.45, 7) is 4.85. The van der Waals surface area contributed by atoms with Crippen molar-refractivity contribution in [1.82, 2.24) is 10.6 Å². The van der Waals surface area contributed by atoms with Crippen LogP contribution in [0.25, 0.3) is 0 Å². The highest BCUT2D eigenvalue weighted by Crippen LogP contribution is 2.28. The van der Waals surface area contributed by atoms with E-state index in [9.17, 15) is 14.3 Å². The third-order valence-corrected chi connectivity index (χ3v) is 5.60. The number of hydrogen-bond donors (Lipinski definition) is 4. The highest BCUT2D eigenvalue weighted by molar-refractivity contribution is 5.86. The van der Waals surface area contributed by atoms with Gasteiger partial charge in [-0.2, -0.15) is 0 Å². The number of carbonyl (C=O) groups excluding carboxylic acids is 1. The van der Waals surface area contributed by atoms with Gasteiger partial charge in [0.2, 0.25) is 5.91 Å². The minimum atomic E-state index is -1.02. The number of hydrogen-bond acceptors (Lipinski definition) is 5. The minimum absolute atomic E-state index is 0.00458. The Balaban J connectivity index is 2.00. The van der Waals surface area contributed by atoms with Gasteiger partial charge in [-0.25, -0.2) is 9.38 Å². The summed E-state index contributed by atoms with van der Waals surface area (Å²) in [5.74, 6) is 0.154. The Hall–Kier alpha value is -2.39. The van der Waals surface area contributed by atoms with Crippen LogP contribution in [0.5, 0.6) is 5.75 Å². The second-order valence-electron chi connectivity index (χ2n) is 9.05. The number of methoxy groups -OCH3 is 1. The first-order valence-electron chi connectivity index (χ1n) is 11.7. The van der Waals surface area contributed by atoms with Crippen molar-refractivity contribution in [1.29, 1.82) is 0 Å². The number of aliphatic hydroxyl groups is 1. The first kappa shape index (κ1) is 26.9. The van der Waals surface area contributed by atoms with Crippen LogP contribution in [-0.4, -0.2) is 49.6 Å². The van der Waals surface area contributed by atoms with Crippen LogP contribution >= 0.6 is 0 Å². The topological polar surface area (TPSA) is 118 Å². The molecule has 0 spiro atoms. The van der Waals surface area contributed by atoms with Crippen LogP contribution < -0.4 is 21.1 Å². The van der Waals surface area contributed by atoms with Crippen LogP contribution in [0, 0.1) is 17.7 Å². The van der Waals surface area contributed by atoms with Crippen LogP contribution in [-0.2, 0) is 16.1 Å². The molecule has 0 aromatic heterocycles. The highest BCUT2D eigenvalue weighted by Gasteiger charge is 2.24. The monoisotopic (exact) mass is 466 g/mol. The van der Waals surface area contributed by atoms with Gasteiger partial charge in [0.15, 0.2) is 17.5 Å². The van der Waals surface area contributed by atoms with Crippen LogP contribution in [0.2, 0.25) is 0 Å². The molecule has 1 unspecified atom stereocenters. The Bertz CT molecular complexity index is 769. The molecule has 1 aromatic carbocycles. The molecule has 1 aliphatic carbocycles. The number of halogens is 1. The Kier molecular flexibility index (Phi) is 11.4. The lowest BCUT2D eigenvalue weighted by molar-refractivity contribution is -0.122. The fourth-order valence-corrected chi connectivity index (χ4v) is 3.91. The zero-order valence-corrected chi connectivity index (χ0v) is 20.0. The van der Waals surface area contributed by atoms with Crippen molar-refractivity contribution < 1.29 is 23.8 Å². The van der Waals surface area contributed by atoms with Crippen LogP contribution in [0.4, 0.5) is 4.39 Å². The maximum atomic E-state index is 13.6. The number of nitrogens with one attached hydrogen (secondary N) is 2. The molecule has 2 rings (SSSR count). The fraction of sp³-hybridized carbons (Fsp3) is 0.667. The van der Waals surface area contributed by atoms with E-state index in [4.69, 9.17) is 15.2 Å². The maximum Gasteiger partial charge on any atom is 0.245 e. The smallest absolute Gasteiger partial charge is 0.245 e. The van der Waals surface area contributed by atoms with Crippen molar-refractivity contribution in [3.8, 4) is 5.75 Å². The zero-order valence-electron chi connectivity index (χ0n) is 20.0. The molecule has 0 radical (unpaired) electrons. The van der Waals surface area contributed by atoms with Gasteiger partial charge in [0.05, 0.1) is 13.7 Å². The van der Waals surface area contributed by atoms with Gasteiger partial charge in [-0.3, -0.25) is 4.79 Å². The van der Waals surface area contributed by atoms with Crippen LogP contribution in [0.15, 0.2) is 23.2 Å². The standard InChI is InChI=1S/C24H39FN4O4/c1-16(2)14-33-15-22(30)29-24(26)28-20(11-17-7-5-4-6-8-17)23(31)27-13-18-9-10-19(25)21(12-18)32-3/h9-10,12,16-17,20,22,30H,4-8,11,13-15H2,1-3H3,(H,27,31)(H3,26,28,29)/t20-,22?/m1/s1. The summed E-state index contributed by atoms with van der Waals surface area (Å²) in [6, 6.07) is 3.77. The molecule has 1 fully saturated rings. The van der Waals surface area contributed by atoms with Gasteiger partial charge in [-0.15, -0.1) is 0 Å². The van der Waals surface area contributed by atoms with Gasteiger partial charge in [0, 0.05) is 13.2 Å². The number of aliphatic imine (C=N–C) groups is 1. The van der Waals surface area contributed by atoms with E-state index < -0.39 is 18.1 Å². The van der Waals surface area contributed by atoms with Crippen molar-refractivity contribution >= 4 is 11.9 Å². The lowest BCUT2D eigenvalue weighted by atomic mass is 9.84. The Labute approximate surface area is 196 Å². The number of ether oxygens (including phenoxy) is 2. The van der Waals surface area contributed by atoms with Gasteiger partial charge >= 0.3 is 0 Å². The molecule has 8 nitrogen and oxygen atoms in total. The molecule has 1 saturated carbocycles. The molecule has 1 aliphatic rings. The second kappa shape index (κ2) is 14.0. The van der Waals surface area contributed by atoms with E-state index in [1.54, 1.807) is 12.1 Å². The molecule has 33 heavy (non-hydrogen) atoms. The quantitative estimate of drug-likeness (QED) is 0.214. The summed E-state index contributed by atoms with van der Waals surface area (Å²) in [4.78, 5) is 17.4. The molecule has 2 atom stereocenters. The average Bonchev–Trinajstić information content (AvgIpc) is 2.78. The van der Waals surface area contributed by atoms with E-state index in [2.05, 4.69) is 15.6 Å². The van der Waals surface area contributed by atoms with E-state index in [0.717, 1.165) is 25.7 Å². The predicted octanol–water partition coefficient (Wildman–Crippen LogP) is 2.68. The van der Waals surface area contributed by atoms with Crippen molar-refractivity contribution in [3.63, 3.8) is 0 Å². The van der Waals surface area contributed by atoms with E-state index in [0.29, 0.717) is 30.4 Å². The molecule has 1 amide bonds. The third kappa shape index (κ3) is 9.96. The van der Waals surface area contributed by atoms with Gasteiger partial charge in [-0.05, 0) is 36.0 Å². The summed E-state index contributed by atoms with van der Waals surface area (Å²) in [7, 11) is 1.40.